The Balaban J connectivity index is 3.05. The summed E-state index contributed by atoms with van der Waals surface area (Å²) in [5.74, 6) is -0.341. The van der Waals surface area contributed by atoms with Crippen LogP contribution in [0.1, 0.15) is 129 Å². The van der Waals surface area contributed by atoms with E-state index in [2.05, 4.69) is 13.5 Å². The lowest BCUT2D eigenvalue weighted by molar-refractivity contribution is -0.114. The number of carbonyl (C=O) groups is 1. The molecule has 0 aromatic rings. The van der Waals surface area contributed by atoms with Gasteiger partial charge in [-0.2, -0.15) is 0 Å². The molecule has 0 fully saturated rings. The third kappa shape index (κ3) is 19.4. The van der Waals surface area contributed by atoms with Crippen LogP contribution in [0.3, 0.4) is 0 Å². The molecule has 0 atom stereocenters. The van der Waals surface area contributed by atoms with E-state index in [1.165, 1.54) is 109 Å². The fourth-order valence-electron chi connectivity index (χ4n) is 3.36. The lowest BCUT2D eigenvalue weighted by Gasteiger charge is -2.04. The van der Waals surface area contributed by atoms with Gasteiger partial charge >= 0.3 is 0 Å². The summed E-state index contributed by atoms with van der Waals surface area (Å²) in [6, 6.07) is 0. The van der Waals surface area contributed by atoms with E-state index >= 15 is 0 Å². The van der Waals surface area contributed by atoms with E-state index in [4.69, 9.17) is 5.73 Å². The Morgan fingerprint density at radius 3 is 1.16 bits per heavy atom. The molecule has 0 saturated heterocycles. The van der Waals surface area contributed by atoms with Crippen LogP contribution in [0.15, 0.2) is 12.2 Å². The Morgan fingerprint density at radius 1 is 0.600 bits per heavy atom. The summed E-state index contributed by atoms with van der Waals surface area (Å²) in [5.41, 5.74) is 5.75. The van der Waals surface area contributed by atoms with Crippen molar-refractivity contribution in [2.75, 3.05) is 0 Å². The van der Waals surface area contributed by atoms with Crippen molar-refractivity contribution in [1.29, 1.82) is 0 Å². The number of hydrogen-bond donors (Lipinski definition) is 1. The molecule has 0 rings (SSSR count). The maximum Gasteiger partial charge on any atom is 0.244 e. The van der Waals surface area contributed by atoms with E-state index < -0.39 is 0 Å². The fraction of sp³-hybridized carbons (Fsp3) is 0.870. The number of rotatable bonds is 20. The highest BCUT2D eigenvalue weighted by atomic mass is 16.1. The van der Waals surface area contributed by atoms with Crippen molar-refractivity contribution < 1.29 is 4.79 Å². The summed E-state index contributed by atoms with van der Waals surface area (Å²) in [6.45, 7) is 5.98. The zero-order valence-corrected chi connectivity index (χ0v) is 17.1. The molecule has 0 aliphatic heterocycles. The van der Waals surface area contributed by atoms with E-state index in [0.717, 1.165) is 12.8 Å². The van der Waals surface area contributed by atoms with Crippen LogP contribution < -0.4 is 5.73 Å². The molecule has 2 N–H and O–H groups in total. The number of amides is 1. The Kier molecular flexibility index (Phi) is 18.9. The molecule has 0 heterocycles. The lowest BCUT2D eigenvalue weighted by atomic mass is 10.0. The van der Waals surface area contributed by atoms with Gasteiger partial charge in [0.05, 0.1) is 0 Å². The average Bonchev–Trinajstić information content (AvgIpc) is 2.60. The zero-order valence-electron chi connectivity index (χ0n) is 17.1. The molecular formula is C23H45NO. The van der Waals surface area contributed by atoms with E-state index in [1.807, 2.05) is 0 Å². The predicted octanol–water partition coefficient (Wildman–Crippen LogP) is 7.46. The third-order valence-electron chi connectivity index (χ3n) is 5.18. The van der Waals surface area contributed by atoms with Gasteiger partial charge in [-0.05, 0) is 12.8 Å². The molecule has 0 aliphatic rings. The minimum Gasteiger partial charge on any atom is -0.366 e. The van der Waals surface area contributed by atoms with Crippen molar-refractivity contribution in [1.82, 2.24) is 0 Å². The van der Waals surface area contributed by atoms with Crippen LogP contribution in [0, 0.1) is 0 Å². The SMILES string of the molecule is C=C(CCCCCCCCCCCCCCCCCCCC)C(N)=O. The molecule has 0 aromatic carbocycles. The lowest BCUT2D eigenvalue weighted by Crippen LogP contribution is -2.12. The number of nitrogens with two attached hydrogens (primary N) is 1. The second-order valence-electron chi connectivity index (χ2n) is 7.73. The topological polar surface area (TPSA) is 43.1 Å². The molecule has 0 aliphatic carbocycles. The van der Waals surface area contributed by atoms with Crippen molar-refractivity contribution in [3.8, 4) is 0 Å². The van der Waals surface area contributed by atoms with E-state index in [-0.39, 0.29) is 5.91 Å². The summed E-state index contributed by atoms with van der Waals surface area (Å²) in [4.78, 5) is 10.8. The monoisotopic (exact) mass is 351 g/mol. The highest BCUT2D eigenvalue weighted by Gasteiger charge is 2.00. The average molecular weight is 352 g/mol. The maximum atomic E-state index is 10.8. The molecule has 0 radical (unpaired) electrons. The summed E-state index contributed by atoms with van der Waals surface area (Å²) >= 11 is 0. The summed E-state index contributed by atoms with van der Waals surface area (Å²) in [6.07, 6.45) is 25.6. The van der Waals surface area contributed by atoms with Gasteiger partial charge in [0, 0.05) is 5.57 Å². The van der Waals surface area contributed by atoms with E-state index in [9.17, 15) is 4.79 Å². The van der Waals surface area contributed by atoms with Gasteiger partial charge in [-0.25, -0.2) is 0 Å². The van der Waals surface area contributed by atoms with Gasteiger partial charge in [-0.3, -0.25) is 4.79 Å². The number of unbranched alkanes of at least 4 members (excludes halogenated alkanes) is 17. The summed E-state index contributed by atoms with van der Waals surface area (Å²) in [7, 11) is 0. The van der Waals surface area contributed by atoms with Crippen LogP contribution in [0.5, 0.6) is 0 Å². The largest absolute Gasteiger partial charge is 0.366 e. The minimum absolute atomic E-state index is 0.341. The molecule has 25 heavy (non-hydrogen) atoms. The molecule has 148 valence electrons. The smallest absolute Gasteiger partial charge is 0.244 e. The van der Waals surface area contributed by atoms with Gasteiger partial charge in [-0.1, -0.05) is 123 Å². The highest BCUT2D eigenvalue weighted by molar-refractivity contribution is 5.91. The molecule has 0 unspecified atom stereocenters. The molecule has 1 amide bonds. The van der Waals surface area contributed by atoms with Crippen molar-refractivity contribution >= 4 is 5.91 Å². The third-order valence-corrected chi connectivity index (χ3v) is 5.18. The second kappa shape index (κ2) is 19.5. The van der Waals surface area contributed by atoms with Gasteiger partial charge in [0.2, 0.25) is 5.91 Å². The summed E-state index contributed by atoms with van der Waals surface area (Å²) < 4.78 is 0. The maximum absolute atomic E-state index is 10.8. The van der Waals surface area contributed by atoms with Gasteiger partial charge < -0.3 is 5.73 Å². The second-order valence-corrected chi connectivity index (χ2v) is 7.73. The number of primary amides is 1. The molecule has 2 heteroatoms. The van der Waals surface area contributed by atoms with Crippen molar-refractivity contribution in [3.05, 3.63) is 12.2 Å². The van der Waals surface area contributed by atoms with Crippen LogP contribution in [-0.4, -0.2) is 5.91 Å². The quantitative estimate of drug-likeness (QED) is 0.179. The van der Waals surface area contributed by atoms with Crippen molar-refractivity contribution in [2.24, 2.45) is 5.73 Å². The first-order chi connectivity index (χ1) is 12.2. The van der Waals surface area contributed by atoms with Crippen LogP contribution >= 0.6 is 0 Å². The van der Waals surface area contributed by atoms with Crippen LogP contribution in [-0.2, 0) is 4.79 Å². The van der Waals surface area contributed by atoms with Gasteiger partial charge in [0.1, 0.15) is 0 Å². The predicted molar refractivity (Wildman–Crippen MR) is 112 cm³/mol. The molecule has 0 saturated carbocycles. The summed E-state index contributed by atoms with van der Waals surface area (Å²) in [5, 5.41) is 0. The van der Waals surface area contributed by atoms with Crippen molar-refractivity contribution in [2.45, 2.75) is 129 Å². The first-order valence-electron chi connectivity index (χ1n) is 11.2. The normalized spacial score (nSPS) is 10.9. The molecule has 0 spiro atoms. The minimum atomic E-state index is -0.341. The molecule has 2 nitrogen and oxygen atoms in total. The first kappa shape index (κ1) is 24.2. The molecule has 0 bridgehead atoms. The van der Waals surface area contributed by atoms with Crippen LogP contribution in [0.25, 0.3) is 0 Å². The zero-order chi connectivity index (χ0) is 18.6. The molecule has 0 aromatic heterocycles. The fourth-order valence-corrected chi connectivity index (χ4v) is 3.36. The van der Waals surface area contributed by atoms with Gasteiger partial charge in [0.25, 0.3) is 0 Å². The Bertz CT molecular complexity index is 311. The number of carbonyl (C=O) groups excluding carboxylic acids is 1. The van der Waals surface area contributed by atoms with Crippen LogP contribution in [0.4, 0.5) is 0 Å². The first-order valence-corrected chi connectivity index (χ1v) is 11.2. The van der Waals surface area contributed by atoms with Crippen molar-refractivity contribution in [3.63, 3.8) is 0 Å². The Hall–Kier alpha value is -0.790. The van der Waals surface area contributed by atoms with Crippen LogP contribution in [0.2, 0.25) is 0 Å². The standard InChI is InChI=1S/C23H45NO/c1-3-4-5-6-7-8-9-10-11-12-13-14-15-16-17-18-19-20-21-22(2)23(24)25/h2-21H2,1H3,(H2,24,25). The van der Waals surface area contributed by atoms with E-state index in [1.54, 1.807) is 0 Å². The number of hydrogen-bond acceptors (Lipinski definition) is 1. The Morgan fingerprint density at radius 2 is 0.880 bits per heavy atom. The van der Waals surface area contributed by atoms with E-state index in [0.29, 0.717) is 5.57 Å². The molecular weight excluding hydrogens is 306 g/mol. The highest BCUT2D eigenvalue weighted by Crippen LogP contribution is 2.15. The van der Waals surface area contributed by atoms with Gasteiger partial charge in [0.15, 0.2) is 0 Å². The Labute approximate surface area is 158 Å². The van der Waals surface area contributed by atoms with Gasteiger partial charge in [-0.15, -0.1) is 0 Å².